The number of para-hydroxylation sites is 1. The predicted octanol–water partition coefficient (Wildman–Crippen LogP) is 2.92. The van der Waals surface area contributed by atoms with E-state index in [0.717, 1.165) is 68.9 Å². The lowest BCUT2D eigenvalue weighted by atomic mass is 10.0. The van der Waals surface area contributed by atoms with Gasteiger partial charge in [0.2, 0.25) is 11.8 Å². The van der Waals surface area contributed by atoms with Gasteiger partial charge in [0.05, 0.1) is 12.6 Å². The summed E-state index contributed by atoms with van der Waals surface area (Å²) in [5.41, 5.74) is 2.94. The largest absolute Gasteiger partial charge is 0.342 e. The van der Waals surface area contributed by atoms with Crippen molar-refractivity contribution in [3.63, 3.8) is 0 Å². The predicted molar refractivity (Wildman–Crippen MR) is 124 cm³/mol. The van der Waals surface area contributed by atoms with Gasteiger partial charge in [0, 0.05) is 50.5 Å². The van der Waals surface area contributed by atoms with Crippen molar-refractivity contribution in [2.75, 3.05) is 51.1 Å². The summed E-state index contributed by atoms with van der Waals surface area (Å²) in [6, 6.07) is 17.8. The zero-order chi connectivity index (χ0) is 21.6. The summed E-state index contributed by atoms with van der Waals surface area (Å²) in [6.45, 7) is 7.49. The summed E-state index contributed by atoms with van der Waals surface area (Å²) in [6.07, 6.45) is 2.25. The first-order valence-corrected chi connectivity index (χ1v) is 11.3. The molecule has 2 aliphatic heterocycles. The maximum atomic E-state index is 13.0. The quantitative estimate of drug-likeness (QED) is 0.781. The molecule has 0 aliphatic carbocycles. The molecule has 0 unspecified atom stereocenters. The van der Waals surface area contributed by atoms with Gasteiger partial charge in [-0.05, 0) is 31.4 Å². The van der Waals surface area contributed by atoms with Crippen LogP contribution in [0.3, 0.4) is 0 Å². The van der Waals surface area contributed by atoms with Gasteiger partial charge < -0.3 is 10.2 Å². The Balaban J connectivity index is 1.31. The zero-order valence-electron chi connectivity index (χ0n) is 18.3. The highest BCUT2D eigenvalue weighted by Crippen LogP contribution is 2.27. The highest BCUT2D eigenvalue weighted by atomic mass is 16.2. The van der Waals surface area contributed by atoms with Crippen LogP contribution in [0, 0.1) is 0 Å². The molecule has 2 aromatic rings. The van der Waals surface area contributed by atoms with Crippen LogP contribution in [0.5, 0.6) is 0 Å². The van der Waals surface area contributed by atoms with E-state index in [9.17, 15) is 9.59 Å². The normalized spacial score (nSPS) is 18.7. The summed E-state index contributed by atoms with van der Waals surface area (Å²) in [7, 11) is 0. The molecule has 6 heteroatoms. The average molecular weight is 421 g/mol. The van der Waals surface area contributed by atoms with Gasteiger partial charge in [-0.15, -0.1) is 0 Å². The van der Waals surface area contributed by atoms with E-state index >= 15 is 0 Å². The number of benzene rings is 2. The van der Waals surface area contributed by atoms with Gasteiger partial charge in [0.15, 0.2) is 0 Å². The second kappa shape index (κ2) is 10.1. The molecule has 31 heavy (non-hydrogen) atoms. The fourth-order valence-electron chi connectivity index (χ4n) is 4.43. The Morgan fingerprint density at radius 1 is 0.871 bits per heavy atom. The summed E-state index contributed by atoms with van der Waals surface area (Å²) in [5, 5.41) is 3.13. The van der Waals surface area contributed by atoms with Crippen molar-refractivity contribution in [2.45, 2.75) is 25.8 Å². The van der Waals surface area contributed by atoms with Crippen molar-refractivity contribution < 1.29 is 9.59 Å². The Morgan fingerprint density at radius 2 is 1.52 bits per heavy atom. The molecular weight excluding hydrogens is 388 g/mol. The van der Waals surface area contributed by atoms with E-state index in [1.165, 1.54) is 0 Å². The number of piperazine rings is 1. The monoisotopic (exact) mass is 420 g/mol. The van der Waals surface area contributed by atoms with Crippen LogP contribution in [0.2, 0.25) is 0 Å². The molecule has 0 bridgehead atoms. The summed E-state index contributed by atoms with van der Waals surface area (Å²) in [4.78, 5) is 31.8. The molecule has 2 heterocycles. The Labute approximate surface area is 184 Å². The highest BCUT2D eigenvalue weighted by molar-refractivity contribution is 5.98. The van der Waals surface area contributed by atoms with Crippen molar-refractivity contribution in [1.82, 2.24) is 14.7 Å². The number of likely N-dealkylation sites (tertiary alicyclic amines) is 1. The Kier molecular flexibility index (Phi) is 6.99. The number of hydrogen-bond donors (Lipinski definition) is 1. The number of rotatable bonds is 6. The van der Waals surface area contributed by atoms with Crippen LogP contribution in [0.25, 0.3) is 11.1 Å². The topological polar surface area (TPSA) is 55.9 Å². The third-order valence-corrected chi connectivity index (χ3v) is 6.42. The van der Waals surface area contributed by atoms with Crippen LogP contribution < -0.4 is 5.32 Å². The molecule has 2 fully saturated rings. The molecule has 0 saturated carbocycles. The van der Waals surface area contributed by atoms with Crippen molar-refractivity contribution >= 4 is 17.5 Å². The third kappa shape index (κ3) is 5.32. The van der Waals surface area contributed by atoms with Crippen LogP contribution in [0.15, 0.2) is 54.6 Å². The van der Waals surface area contributed by atoms with Crippen molar-refractivity contribution in [1.29, 1.82) is 0 Å². The minimum atomic E-state index is -0.222. The lowest BCUT2D eigenvalue weighted by Gasteiger charge is -2.37. The highest BCUT2D eigenvalue weighted by Gasteiger charge is 2.28. The Bertz CT molecular complexity index is 887. The van der Waals surface area contributed by atoms with Gasteiger partial charge in [0.1, 0.15) is 0 Å². The van der Waals surface area contributed by atoms with Gasteiger partial charge in [-0.2, -0.15) is 0 Å². The second-order valence-electron chi connectivity index (χ2n) is 8.48. The van der Waals surface area contributed by atoms with Crippen LogP contribution in [0.4, 0.5) is 5.69 Å². The molecule has 2 saturated heterocycles. The van der Waals surface area contributed by atoms with E-state index in [1.54, 1.807) is 0 Å². The van der Waals surface area contributed by atoms with Gasteiger partial charge in [-0.3, -0.25) is 19.4 Å². The van der Waals surface area contributed by atoms with E-state index in [1.807, 2.05) is 54.3 Å². The summed E-state index contributed by atoms with van der Waals surface area (Å²) < 4.78 is 0. The number of hydrogen-bond acceptors (Lipinski definition) is 4. The molecule has 1 atom stereocenters. The van der Waals surface area contributed by atoms with E-state index < -0.39 is 0 Å². The van der Waals surface area contributed by atoms with Crippen LogP contribution in [-0.4, -0.2) is 78.4 Å². The molecule has 0 aromatic heterocycles. The van der Waals surface area contributed by atoms with Crippen molar-refractivity contribution in [3.8, 4) is 11.1 Å². The van der Waals surface area contributed by atoms with Gasteiger partial charge in [-0.25, -0.2) is 0 Å². The van der Waals surface area contributed by atoms with Crippen molar-refractivity contribution in [3.05, 3.63) is 54.6 Å². The first-order chi connectivity index (χ1) is 15.1. The van der Waals surface area contributed by atoms with E-state index in [-0.39, 0.29) is 17.9 Å². The second-order valence-corrected chi connectivity index (χ2v) is 8.48. The molecule has 164 valence electrons. The number of carbonyl (C=O) groups excluding carboxylic acids is 2. The van der Waals surface area contributed by atoms with E-state index in [0.29, 0.717) is 6.54 Å². The van der Waals surface area contributed by atoms with Crippen LogP contribution in [-0.2, 0) is 9.59 Å². The molecule has 6 nitrogen and oxygen atoms in total. The number of nitrogens with one attached hydrogen (secondary N) is 1. The average Bonchev–Trinajstić information content (AvgIpc) is 3.35. The summed E-state index contributed by atoms with van der Waals surface area (Å²) >= 11 is 0. The number of amides is 2. The lowest BCUT2D eigenvalue weighted by Crippen LogP contribution is -2.54. The van der Waals surface area contributed by atoms with Gasteiger partial charge >= 0.3 is 0 Å². The fourth-order valence-corrected chi connectivity index (χ4v) is 4.43. The van der Waals surface area contributed by atoms with Crippen LogP contribution >= 0.6 is 0 Å². The first-order valence-electron chi connectivity index (χ1n) is 11.3. The molecule has 2 aromatic carbocycles. The first kappa shape index (κ1) is 21.5. The lowest BCUT2D eigenvalue weighted by molar-refractivity contribution is -0.132. The standard InChI is InChI=1S/C25H32N4O2/c1-20(28-17-15-27(16-18-28)19-24(30)29-13-7-8-14-29)25(31)26-23-12-6-5-11-22(23)21-9-3-2-4-10-21/h2-6,9-12,20H,7-8,13-19H2,1H3,(H,26,31)/t20-/m1/s1. The number of nitrogens with zero attached hydrogens (tertiary/aromatic N) is 3. The number of anilines is 1. The van der Waals surface area contributed by atoms with Crippen molar-refractivity contribution in [2.24, 2.45) is 0 Å². The fraction of sp³-hybridized carbons (Fsp3) is 0.440. The molecule has 0 radical (unpaired) electrons. The maximum absolute atomic E-state index is 13.0. The molecular formula is C25H32N4O2. The van der Waals surface area contributed by atoms with E-state index in [2.05, 4.69) is 27.2 Å². The maximum Gasteiger partial charge on any atom is 0.241 e. The third-order valence-electron chi connectivity index (χ3n) is 6.42. The molecule has 1 N–H and O–H groups in total. The van der Waals surface area contributed by atoms with Gasteiger partial charge in [-0.1, -0.05) is 48.5 Å². The summed E-state index contributed by atoms with van der Waals surface area (Å²) in [5.74, 6) is 0.249. The van der Waals surface area contributed by atoms with Gasteiger partial charge in [0.25, 0.3) is 0 Å². The minimum Gasteiger partial charge on any atom is -0.342 e. The minimum absolute atomic E-state index is 0.00461. The van der Waals surface area contributed by atoms with Crippen LogP contribution in [0.1, 0.15) is 19.8 Å². The molecule has 0 spiro atoms. The number of carbonyl (C=O) groups is 2. The SMILES string of the molecule is C[C@H](C(=O)Nc1ccccc1-c1ccccc1)N1CCN(CC(=O)N2CCCC2)CC1. The Morgan fingerprint density at radius 3 is 2.23 bits per heavy atom. The smallest absolute Gasteiger partial charge is 0.241 e. The molecule has 4 rings (SSSR count). The zero-order valence-corrected chi connectivity index (χ0v) is 18.3. The molecule has 2 aliphatic rings. The molecule has 2 amide bonds. The Hall–Kier alpha value is -2.70. The van der Waals surface area contributed by atoms with E-state index in [4.69, 9.17) is 0 Å².